The predicted octanol–water partition coefficient (Wildman–Crippen LogP) is 3.52. The Labute approximate surface area is 144 Å². The van der Waals surface area contributed by atoms with Crippen molar-refractivity contribution in [2.24, 2.45) is 0 Å². The molecule has 0 radical (unpaired) electrons. The molecule has 0 fully saturated rings. The van der Waals surface area contributed by atoms with Gasteiger partial charge < -0.3 is 10.1 Å². The first-order valence-electron chi connectivity index (χ1n) is 7.46. The van der Waals surface area contributed by atoms with Crippen molar-refractivity contribution < 1.29 is 14.3 Å². The third kappa shape index (κ3) is 2.86. The molecule has 1 aliphatic heterocycles. The van der Waals surface area contributed by atoms with Crippen LogP contribution in [-0.4, -0.2) is 18.4 Å². The minimum atomic E-state index is -0.577. The van der Waals surface area contributed by atoms with Crippen LogP contribution in [-0.2, 0) is 9.59 Å². The molecule has 2 amide bonds. The molecular formula is C18H15ClN2O3. The maximum absolute atomic E-state index is 12.7. The number of hydrogen-bond acceptors (Lipinski definition) is 4. The minimum Gasteiger partial charge on any atom is -0.492 e. The molecule has 0 aromatic heterocycles. The van der Waals surface area contributed by atoms with Crippen LogP contribution >= 0.6 is 11.6 Å². The second kappa shape index (κ2) is 6.76. The first-order chi connectivity index (χ1) is 11.6. The van der Waals surface area contributed by atoms with Gasteiger partial charge in [0.25, 0.3) is 11.8 Å². The summed E-state index contributed by atoms with van der Waals surface area (Å²) in [5.74, 6) is -0.639. The second-order valence-electron chi connectivity index (χ2n) is 5.03. The molecule has 0 saturated carbocycles. The number of nitrogens with one attached hydrogen (secondary N) is 1. The van der Waals surface area contributed by atoms with Gasteiger partial charge in [-0.05, 0) is 31.2 Å². The summed E-state index contributed by atoms with van der Waals surface area (Å²) in [5.41, 5.74) is 1.10. The van der Waals surface area contributed by atoms with Crippen molar-refractivity contribution >= 4 is 34.8 Å². The van der Waals surface area contributed by atoms with Crippen LogP contribution in [0, 0.1) is 0 Å². The zero-order valence-electron chi connectivity index (χ0n) is 13.0. The molecule has 24 heavy (non-hydrogen) atoms. The standard InChI is InChI=1S/C18H15ClN2O3/c1-2-24-14-11-7-6-10-13(14)21-17(22)15(19)16(18(21)23)20-12-8-4-3-5-9-12/h3-11,20H,2H2,1H3. The third-order valence-corrected chi connectivity index (χ3v) is 3.83. The van der Waals surface area contributed by atoms with E-state index in [4.69, 9.17) is 16.3 Å². The zero-order valence-corrected chi connectivity index (χ0v) is 13.7. The molecule has 0 atom stereocenters. The molecule has 1 N–H and O–H groups in total. The Hall–Kier alpha value is -2.79. The van der Waals surface area contributed by atoms with E-state index in [2.05, 4.69) is 5.32 Å². The quantitative estimate of drug-likeness (QED) is 0.845. The Bertz CT molecular complexity index is 818. The van der Waals surface area contributed by atoms with Gasteiger partial charge in [-0.3, -0.25) is 9.59 Å². The lowest BCUT2D eigenvalue weighted by molar-refractivity contribution is -0.120. The Morgan fingerprint density at radius 1 is 1.00 bits per heavy atom. The molecule has 6 heteroatoms. The van der Waals surface area contributed by atoms with E-state index in [0.717, 1.165) is 4.90 Å². The zero-order chi connectivity index (χ0) is 17.1. The molecule has 5 nitrogen and oxygen atoms in total. The number of halogens is 1. The van der Waals surface area contributed by atoms with E-state index >= 15 is 0 Å². The molecular weight excluding hydrogens is 328 g/mol. The summed E-state index contributed by atoms with van der Waals surface area (Å²) in [6.45, 7) is 2.25. The van der Waals surface area contributed by atoms with E-state index in [1.165, 1.54) is 0 Å². The van der Waals surface area contributed by atoms with Crippen molar-refractivity contribution in [3.8, 4) is 5.75 Å². The highest BCUT2D eigenvalue weighted by Crippen LogP contribution is 2.35. The molecule has 0 saturated heterocycles. The van der Waals surface area contributed by atoms with E-state index in [-0.39, 0.29) is 10.7 Å². The van der Waals surface area contributed by atoms with Gasteiger partial charge in [-0.1, -0.05) is 41.9 Å². The molecule has 0 aliphatic carbocycles. The van der Waals surface area contributed by atoms with Gasteiger partial charge in [-0.25, -0.2) is 4.90 Å². The highest BCUT2D eigenvalue weighted by atomic mass is 35.5. The monoisotopic (exact) mass is 342 g/mol. The number of carbonyl (C=O) groups is 2. The van der Waals surface area contributed by atoms with Crippen molar-refractivity contribution in [1.29, 1.82) is 0 Å². The van der Waals surface area contributed by atoms with Gasteiger partial charge in [-0.2, -0.15) is 0 Å². The lowest BCUT2D eigenvalue weighted by Gasteiger charge is -2.18. The molecule has 3 rings (SSSR count). The summed E-state index contributed by atoms with van der Waals surface area (Å²) >= 11 is 6.11. The van der Waals surface area contributed by atoms with Crippen LogP contribution in [0.3, 0.4) is 0 Å². The van der Waals surface area contributed by atoms with Crippen molar-refractivity contribution in [1.82, 2.24) is 0 Å². The number of rotatable bonds is 5. The van der Waals surface area contributed by atoms with Crippen molar-refractivity contribution in [3.63, 3.8) is 0 Å². The van der Waals surface area contributed by atoms with Crippen LogP contribution in [0.2, 0.25) is 0 Å². The van der Waals surface area contributed by atoms with Crippen LogP contribution in [0.15, 0.2) is 65.3 Å². The van der Waals surface area contributed by atoms with Crippen LogP contribution in [0.25, 0.3) is 0 Å². The topological polar surface area (TPSA) is 58.6 Å². The Kier molecular flexibility index (Phi) is 4.53. The fraction of sp³-hybridized carbons (Fsp3) is 0.111. The first-order valence-corrected chi connectivity index (χ1v) is 7.83. The van der Waals surface area contributed by atoms with Gasteiger partial charge in [0, 0.05) is 5.69 Å². The number of para-hydroxylation sites is 3. The van der Waals surface area contributed by atoms with E-state index in [9.17, 15) is 9.59 Å². The first kappa shape index (κ1) is 16.1. The van der Waals surface area contributed by atoms with Gasteiger partial charge >= 0.3 is 0 Å². The molecule has 0 spiro atoms. The molecule has 2 aromatic rings. The summed E-state index contributed by atoms with van der Waals surface area (Å²) in [4.78, 5) is 26.3. The normalized spacial score (nSPS) is 14.3. The summed E-state index contributed by atoms with van der Waals surface area (Å²) in [6.07, 6.45) is 0. The van der Waals surface area contributed by atoms with Crippen molar-refractivity contribution in [2.75, 3.05) is 16.8 Å². The summed E-state index contributed by atoms with van der Waals surface area (Å²) in [5, 5.41) is 2.77. The van der Waals surface area contributed by atoms with Crippen LogP contribution < -0.4 is 15.0 Å². The summed E-state index contributed by atoms with van der Waals surface area (Å²) in [7, 11) is 0. The molecule has 1 aliphatic rings. The van der Waals surface area contributed by atoms with Crippen LogP contribution in [0.1, 0.15) is 6.92 Å². The smallest absolute Gasteiger partial charge is 0.283 e. The average Bonchev–Trinajstić information content (AvgIpc) is 2.81. The second-order valence-corrected chi connectivity index (χ2v) is 5.40. The largest absolute Gasteiger partial charge is 0.492 e. The third-order valence-electron chi connectivity index (χ3n) is 3.48. The van der Waals surface area contributed by atoms with Crippen molar-refractivity contribution in [3.05, 3.63) is 65.3 Å². The highest BCUT2D eigenvalue weighted by molar-refractivity contribution is 6.53. The summed E-state index contributed by atoms with van der Waals surface area (Å²) < 4.78 is 5.51. The number of anilines is 2. The number of carbonyl (C=O) groups excluding carboxylic acids is 2. The summed E-state index contributed by atoms with van der Waals surface area (Å²) in [6, 6.07) is 15.9. The van der Waals surface area contributed by atoms with E-state index < -0.39 is 11.8 Å². The maximum atomic E-state index is 12.7. The molecule has 0 bridgehead atoms. The molecule has 1 heterocycles. The van der Waals surface area contributed by atoms with Gasteiger partial charge in [0.2, 0.25) is 0 Å². The predicted molar refractivity (Wildman–Crippen MR) is 93.0 cm³/mol. The van der Waals surface area contributed by atoms with Crippen molar-refractivity contribution in [2.45, 2.75) is 6.92 Å². The number of imide groups is 1. The van der Waals surface area contributed by atoms with Gasteiger partial charge in [-0.15, -0.1) is 0 Å². The number of ether oxygens (including phenoxy) is 1. The number of nitrogens with zero attached hydrogens (tertiary/aromatic N) is 1. The lowest BCUT2D eigenvalue weighted by Crippen LogP contribution is -2.32. The Balaban J connectivity index is 1.94. The number of hydrogen-bond donors (Lipinski definition) is 1. The van der Waals surface area contributed by atoms with Gasteiger partial charge in [0.05, 0.1) is 12.3 Å². The minimum absolute atomic E-state index is 0.0548. The molecule has 122 valence electrons. The SMILES string of the molecule is CCOc1ccccc1N1C(=O)C(Cl)=C(Nc2ccccc2)C1=O. The van der Waals surface area contributed by atoms with Crippen LogP contribution in [0.5, 0.6) is 5.75 Å². The van der Waals surface area contributed by atoms with Gasteiger partial charge in [0.15, 0.2) is 0 Å². The van der Waals surface area contributed by atoms with E-state index in [1.54, 1.807) is 36.4 Å². The van der Waals surface area contributed by atoms with E-state index in [1.807, 2.05) is 25.1 Å². The average molecular weight is 343 g/mol. The lowest BCUT2D eigenvalue weighted by atomic mass is 10.2. The van der Waals surface area contributed by atoms with Gasteiger partial charge in [0.1, 0.15) is 16.5 Å². The molecule has 0 unspecified atom stereocenters. The molecule has 2 aromatic carbocycles. The Morgan fingerprint density at radius 2 is 1.67 bits per heavy atom. The fourth-order valence-corrected chi connectivity index (χ4v) is 2.63. The number of amides is 2. The highest BCUT2D eigenvalue weighted by Gasteiger charge is 2.40. The maximum Gasteiger partial charge on any atom is 0.283 e. The fourth-order valence-electron chi connectivity index (χ4n) is 2.42. The Morgan fingerprint density at radius 3 is 2.38 bits per heavy atom. The number of benzene rings is 2. The van der Waals surface area contributed by atoms with Crippen LogP contribution in [0.4, 0.5) is 11.4 Å². The van der Waals surface area contributed by atoms with E-state index in [0.29, 0.717) is 23.7 Å².